The van der Waals surface area contributed by atoms with E-state index in [1.165, 1.54) is 0 Å². The Kier molecular flexibility index (Phi) is 10.3. The first-order chi connectivity index (χ1) is 14.6. The number of nitrogens with one attached hydrogen (secondary N) is 4. The maximum Gasteiger partial charge on any atom is 0.408 e. The minimum absolute atomic E-state index is 0.0873. The molecular formula is C23H39N5O3. The third-order valence-corrected chi connectivity index (χ3v) is 4.92. The average Bonchev–Trinajstić information content (AvgIpc) is 2.72. The molecule has 8 nitrogen and oxygen atoms in total. The molecule has 0 aromatic heterocycles. The number of carbonyl (C=O) groups is 2. The number of hydrogen-bond donors (Lipinski definition) is 4. The van der Waals surface area contributed by atoms with Crippen LogP contribution in [0.3, 0.4) is 0 Å². The lowest BCUT2D eigenvalue weighted by atomic mass is 9.93. The SMILES string of the molecule is CCNC(=O)c1cccc(CNC(=NC)NCC(CC)(CC)NC(=O)OC(C)(C)C)c1. The lowest BCUT2D eigenvalue weighted by molar-refractivity contribution is 0.0448. The summed E-state index contributed by atoms with van der Waals surface area (Å²) in [6.45, 7) is 13.1. The van der Waals surface area contributed by atoms with Gasteiger partial charge in [0.15, 0.2) is 5.96 Å². The highest BCUT2D eigenvalue weighted by atomic mass is 16.6. The Labute approximate surface area is 186 Å². The van der Waals surface area contributed by atoms with E-state index in [-0.39, 0.29) is 5.91 Å². The van der Waals surface area contributed by atoms with Crippen molar-refractivity contribution in [1.29, 1.82) is 0 Å². The normalized spacial score (nSPS) is 12.2. The van der Waals surface area contributed by atoms with Crippen LogP contribution >= 0.6 is 0 Å². The number of amides is 2. The van der Waals surface area contributed by atoms with Gasteiger partial charge in [0, 0.05) is 32.2 Å². The van der Waals surface area contributed by atoms with Gasteiger partial charge in [-0.2, -0.15) is 0 Å². The summed E-state index contributed by atoms with van der Waals surface area (Å²) in [4.78, 5) is 28.6. The molecule has 0 saturated carbocycles. The summed E-state index contributed by atoms with van der Waals surface area (Å²) < 4.78 is 5.43. The summed E-state index contributed by atoms with van der Waals surface area (Å²) >= 11 is 0. The van der Waals surface area contributed by atoms with E-state index in [4.69, 9.17) is 4.74 Å². The molecule has 1 rings (SSSR count). The Balaban J connectivity index is 2.72. The van der Waals surface area contributed by atoms with Crippen LogP contribution in [-0.4, -0.2) is 49.2 Å². The predicted octanol–water partition coefficient (Wildman–Crippen LogP) is 3.18. The lowest BCUT2D eigenvalue weighted by Gasteiger charge is -2.34. The molecule has 0 unspecified atom stereocenters. The number of hydrogen-bond acceptors (Lipinski definition) is 4. The molecule has 1 aromatic carbocycles. The minimum atomic E-state index is -0.551. The van der Waals surface area contributed by atoms with Gasteiger partial charge in [0.2, 0.25) is 0 Å². The molecule has 0 heterocycles. The van der Waals surface area contributed by atoms with Crippen LogP contribution in [0.4, 0.5) is 4.79 Å². The molecule has 2 amide bonds. The standard InChI is InChI=1S/C23H39N5O3/c1-8-23(9-2,28-21(30)31-22(4,5)6)16-27-20(24-7)26-15-17-12-11-13-18(14-17)19(29)25-10-3/h11-14H,8-10,15-16H2,1-7H3,(H,25,29)(H,28,30)(H2,24,26,27). The third kappa shape index (κ3) is 9.27. The van der Waals surface area contributed by atoms with Gasteiger partial charge >= 0.3 is 6.09 Å². The lowest BCUT2D eigenvalue weighted by Crippen LogP contribution is -2.57. The van der Waals surface area contributed by atoms with Crippen molar-refractivity contribution in [2.45, 2.75) is 72.1 Å². The van der Waals surface area contributed by atoms with Crippen molar-refractivity contribution in [3.05, 3.63) is 35.4 Å². The zero-order chi connectivity index (χ0) is 23.5. The van der Waals surface area contributed by atoms with Crippen molar-refractivity contribution in [2.75, 3.05) is 20.1 Å². The van der Waals surface area contributed by atoms with Gasteiger partial charge in [0.1, 0.15) is 5.60 Å². The average molecular weight is 434 g/mol. The van der Waals surface area contributed by atoms with Crippen molar-refractivity contribution in [1.82, 2.24) is 21.3 Å². The van der Waals surface area contributed by atoms with E-state index in [1.807, 2.05) is 59.7 Å². The largest absolute Gasteiger partial charge is 0.444 e. The number of nitrogens with zero attached hydrogens (tertiary/aromatic N) is 1. The quantitative estimate of drug-likeness (QED) is 0.354. The second-order valence-electron chi connectivity index (χ2n) is 8.45. The van der Waals surface area contributed by atoms with E-state index in [2.05, 4.69) is 26.3 Å². The summed E-state index contributed by atoms with van der Waals surface area (Å²) in [5.74, 6) is 0.524. The summed E-state index contributed by atoms with van der Waals surface area (Å²) in [7, 11) is 1.70. The fourth-order valence-corrected chi connectivity index (χ4v) is 2.99. The van der Waals surface area contributed by atoms with Crippen molar-refractivity contribution in [3.63, 3.8) is 0 Å². The first-order valence-corrected chi connectivity index (χ1v) is 10.9. The van der Waals surface area contributed by atoms with Gasteiger partial charge in [-0.1, -0.05) is 26.0 Å². The van der Waals surface area contributed by atoms with Crippen LogP contribution in [0.25, 0.3) is 0 Å². The van der Waals surface area contributed by atoms with Gasteiger partial charge in [-0.3, -0.25) is 9.79 Å². The smallest absolute Gasteiger partial charge is 0.408 e. The van der Waals surface area contributed by atoms with E-state index < -0.39 is 17.2 Å². The van der Waals surface area contributed by atoms with E-state index in [0.29, 0.717) is 31.2 Å². The number of carbonyl (C=O) groups excluding carboxylic acids is 2. The zero-order valence-electron chi connectivity index (χ0n) is 20.0. The molecule has 4 N–H and O–H groups in total. The second kappa shape index (κ2) is 12.2. The van der Waals surface area contributed by atoms with E-state index >= 15 is 0 Å². The van der Waals surface area contributed by atoms with Crippen molar-refractivity contribution in [3.8, 4) is 0 Å². The first-order valence-electron chi connectivity index (χ1n) is 10.9. The molecular weight excluding hydrogens is 394 g/mol. The van der Waals surface area contributed by atoms with E-state index in [0.717, 1.165) is 18.4 Å². The maximum absolute atomic E-state index is 12.3. The summed E-state index contributed by atoms with van der Waals surface area (Å²) in [6.07, 6.45) is 1.05. The molecule has 0 saturated heterocycles. The first kappa shape index (κ1) is 26.3. The van der Waals surface area contributed by atoms with Crippen LogP contribution in [0.1, 0.15) is 70.3 Å². The Morgan fingerprint density at radius 1 is 1.03 bits per heavy atom. The minimum Gasteiger partial charge on any atom is -0.444 e. The fourth-order valence-electron chi connectivity index (χ4n) is 2.99. The molecule has 31 heavy (non-hydrogen) atoms. The summed E-state index contributed by atoms with van der Waals surface area (Å²) in [6, 6.07) is 7.47. The van der Waals surface area contributed by atoms with Crippen molar-refractivity contribution >= 4 is 18.0 Å². The second-order valence-corrected chi connectivity index (χ2v) is 8.45. The Hall–Kier alpha value is -2.77. The van der Waals surface area contributed by atoms with Crippen LogP contribution in [0, 0.1) is 0 Å². The van der Waals surface area contributed by atoms with Crippen LogP contribution in [0.2, 0.25) is 0 Å². The van der Waals surface area contributed by atoms with Crippen LogP contribution < -0.4 is 21.3 Å². The number of rotatable bonds is 9. The third-order valence-electron chi connectivity index (χ3n) is 4.92. The molecule has 174 valence electrons. The van der Waals surface area contributed by atoms with Crippen LogP contribution in [-0.2, 0) is 11.3 Å². The summed E-state index contributed by atoms with van der Waals surface area (Å²) in [5, 5.41) is 12.4. The number of ether oxygens (including phenoxy) is 1. The van der Waals surface area contributed by atoms with Gasteiger partial charge in [-0.05, 0) is 58.2 Å². The van der Waals surface area contributed by atoms with E-state index in [9.17, 15) is 9.59 Å². The van der Waals surface area contributed by atoms with E-state index in [1.54, 1.807) is 13.1 Å². The summed E-state index contributed by atoms with van der Waals surface area (Å²) in [5.41, 5.74) is 0.584. The Morgan fingerprint density at radius 2 is 1.71 bits per heavy atom. The highest BCUT2D eigenvalue weighted by Gasteiger charge is 2.30. The molecule has 0 atom stereocenters. The fraction of sp³-hybridized carbons (Fsp3) is 0.609. The molecule has 0 radical (unpaired) electrons. The number of aliphatic imine (C=N–C) groups is 1. The topological polar surface area (TPSA) is 104 Å². The van der Waals surface area contributed by atoms with Gasteiger partial charge in [-0.15, -0.1) is 0 Å². The maximum atomic E-state index is 12.3. The van der Waals surface area contributed by atoms with Crippen molar-refractivity contribution in [2.24, 2.45) is 4.99 Å². The van der Waals surface area contributed by atoms with Gasteiger partial charge in [-0.25, -0.2) is 4.79 Å². The zero-order valence-corrected chi connectivity index (χ0v) is 20.0. The van der Waals surface area contributed by atoms with Crippen molar-refractivity contribution < 1.29 is 14.3 Å². The molecule has 0 fully saturated rings. The molecule has 0 aliphatic heterocycles. The predicted molar refractivity (Wildman–Crippen MR) is 125 cm³/mol. The van der Waals surface area contributed by atoms with Gasteiger partial charge < -0.3 is 26.0 Å². The van der Waals surface area contributed by atoms with Gasteiger partial charge in [0.05, 0.1) is 5.54 Å². The Bertz CT molecular complexity index is 752. The highest BCUT2D eigenvalue weighted by Crippen LogP contribution is 2.16. The molecule has 0 spiro atoms. The molecule has 1 aromatic rings. The van der Waals surface area contributed by atoms with Crippen LogP contribution in [0.15, 0.2) is 29.3 Å². The monoisotopic (exact) mass is 433 g/mol. The number of benzene rings is 1. The molecule has 0 bridgehead atoms. The molecule has 8 heteroatoms. The van der Waals surface area contributed by atoms with Crippen LogP contribution in [0.5, 0.6) is 0 Å². The molecule has 0 aliphatic rings. The Morgan fingerprint density at radius 3 is 2.26 bits per heavy atom. The highest BCUT2D eigenvalue weighted by molar-refractivity contribution is 5.94. The van der Waals surface area contributed by atoms with Gasteiger partial charge in [0.25, 0.3) is 5.91 Å². The number of guanidine groups is 1. The molecule has 0 aliphatic carbocycles. The number of alkyl carbamates (subject to hydrolysis) is 1.